The van der Waals surface area contributed by atoms with Gasteiger partial charge in [0, 0.05) is 6.54 Å². The smallest absolute Gasteiger partial charge is 0.368 e. The van der Waals surface area contributed by atoms with Crippen LogP contribution in [0.25, 0.3) is 0 Å². The van der Waals surface area contributed by atoms with Crippen LogP contribution in [0.2, 0.25) is 0 Å². The van der Waals surface area contributed by atoms with Crippen LogP contribution in [-0.4, -0.2) is 35.5 Å². The summed E-state index contributed by atoms with van der Waals surface area (Å²) in [5, 5.41) is 0. The quantitative estimate of drug-likeness (QED) is 0.691. The van der Waals surface area contributed by atoms with Crippen molar-refractivity contribution >= 4 is 11.8 Å². The molecule has 7 heteroatoms. The summed E-state index contributed by atoms with van der Waals surface area (Å²) in [7, 11) is 0. The fourth-order valence-electron chi connectivity index (χ4n) is 1.46. The van der Waals surface area contributed by atoms with Crippen LogP contribution in [0.4, 0.5) is 13.2 Å². The van der Waals surface area contributed by atoms with E-state index in [1.807, 2.05) is 0 Å². The van der Waals surface area contributed by atoms with Gasteiger partial charge in [-0.2, -0.15) is 13.2 Å². The Bertz CT molecular complexity index is 278. The maximum atomic E-state index is 12.1. The minimum absolute atomic E-state index is 0.0805. The standard InChI is InChI=1S/C8H10F3N2O2/c9-8(10,11)7(15)13-4-2-1-3-5(13)6(12)14/h1,5H,2-4H2,(H2,12,14). The molecule has 1 radical (unpaired) electrons. The van der Waals surface area contributed by atoms with Crippen molar-refractivity contribution < 1.29 is 22.8 Å². The number of nitrogens with two attached hydrogens (primary N) is 1. The van der Waals surface area contributed by atoms with Gasteiger partial charge in [-0.25, -0.2) is 0 Å². The van der Waals surface area contributed by atoms with Crippen LogP contribution in [-0.2, 0) is 9.59 Å². The molecule has 1 unspecified atom stereocenters. The molecule has 0 saturated carbocycles. The first-order chi connectivity index (χ1) is 6.84. The molecule has 1 atom stereocenters. The first-order valence-electron chi connectivity index (χ1n) is 4.33. The Morgan fingerprint density at radius 2 is 2.00 bits per heavy atom. The molecule has 85 valence electrons. The van der Waals surface area contributed by atoms with Crippen LogP contribution in [0.5, 0.6) is 0 Å². The second-order valence-electron chi connectivity index (χ2n) is 3.23. The summed E-state index contributed by atoms with van der Waals surface area (Å²) in [5.41, 5.74) is 4.92. The molecule has 0 aromatic carbocycles. The fourth-order valence-corrected chi connectivity index (χ4v) is 1.46. The van der Waals surface area contributed by atoms with Crippen LogP contribution >= 0.6 is 0 Å². The van der Waals surface area contributed by atoms with Crippen molar-refractivity contribution in [1.82, 2.24) is 4.90 Å². The van der Waals surface area contributed by atoms with E-state index in [0.717, 1.165) is 0 Å². The van der Waals surface area contributed by atoms with Gasteiger partial charge in [-0.15, -0.1) is 0 Å². The van der Waals surface area contributed by atoms with E-state index in [0.29, 0.717) is 11.3 Å². The predicted molar refractivity (Wildman–Crippen MR) is 44.3 cm³/mol. The van der Waals surface area contributed by atoms with E-state index in [4.69, 9.17) is 5.73 Å². The number of halogens is 3. The maximum absolute atomic E-state index is 12.1. The number of hydrogen-bond acceptors (Lipinski definition) is 2. The van der Waals surface area contributed by atoms with Crippen molar-refractivity contribution in [2.24, 2.45) is 5.73 Å². The number of nitrogens with zero attached hydrogens (tertiary/aromatic N) is 1. The van der Waals surface area contributed by atoms with Crippen molar-refractivity contribution in [1.29, 1.82) is 0 Å². The van der Waals surface area contributed by atoms with Gasteiger partial charge in [0.25, 0.3) is 0 Å². The largest absolute Gasteiger partial charge is 0.471 e. The molecule has 1 aliphatic heterocycles. The second kappa shape index (κ2) is 4.08. The molecular formula is C8H10F3N2O2. The Kier molecular flexibility index (Phi) is 3.21. The van der Waals surface area contributed by atoms with Crippen molar-refractivity contribution in [3.8, 4) is 0 Å². The normalized spacial score (nSPS) is 22.6. The van der Waals surface area contributed by atoms with E-state index in [2.05, 4.69) is 0 Å². The van der Waals surface area contributed by atoms with Crippen LogP contribution < -0.4 is 5.73 Å². The predicted octanol–water partition coefficient (Wildman–Crippen LogP) is 0.229. The number of carbonyl (C=O) groups is 2. The average molecular weight is 223 g/mol. The Morgan fingerprint density at radius 1 is 1.40 bits per heavy atom. The number of amides is 2. The van der Waals surface area contributed by atoms with E-state index in [-0.39, 0.29) is 13.0 Å². The number of likely N-dealkylation sites (tertiary alicyclic amines) is 1. The van der Waals surface area contributed by atoms with E-state index < -0.39 is 24.0 Å². The zero-order valence-electron chi connectivity index (χ0n) is 7.75. The lowest BCUT2D eigenvalue weighted by Crippen LogP contribution is -2.54. The minimum atomic E-state index is -4.95. The molecule has 1 saturated heterocycles. The molecule has 0 aromatic heterocycles. The van der Waals surface area contributed by atoms with Crippen molar-refractivity contribution in [3.05, 3.63) is 6.42 Å². The summed E-state index contributed by atoms with van der Waals surface area (Å²) in [6.07, 6.45) is -2.89. The van der Waals surface area contributed by atoms with Gasteiger partial charge >= 0.3 is 12.1 Å². The highest BCUT2D eigenvalue weighted by atomic mass is 19.4. The molecule has 0 aromatic rings. The van der Waals surface area contributed by atoms with Gasteiger partial charge in [-0.3, -0.25) is 9.59 Å². The molecule has 1 rings (SSSR count). The van der Waals surface area contributed by atoms with Gasteiger partial charge in [-0.05, 0) is 19.3 Å². The molecule has 15 heavy (non-hydrogen) atoms. The Labute approximate surface area is 84.2 Å². The third-order valence-corrected chi connectivity index (χ3v) is 2.17. The number of rotatable bonds is 1. The molecule has 0 spiro atoms. The third kappa shape index (κ3) is 2.60. The molecule has 2 amide bonds. The lowest BCUT2D eigenvalue weighted by molar-refractivity contribution is -0.189. The lowest BCUT2D eigenvalue weighted by Gasteiger charge is -2.33. The topological polar surface area (TPSA) is 63.4 Å². The van der Waals surface area contributed by atoms with Crippen LogP contribution in [0, 0.1) is 6.42 Å². The highest BCUT2D eigenvalue weighted by Crippen LogP contribution is 2.24. The number of carbonyl (C=O) groups excluding carboxylic acids is 2. The summed E-state index contributed by atoms with van der Waals surface area (Å²) >= 11 is 0. The zero-order valence-corrected chi connectivity index (χ0v) is 7.75. The first-order valence-corrected chi connectivity index (χ1v) is 4.33. The summed E-state index contributed by atoms with van der Waals surface area (Å²) in [6, 6.07) is -1.17. The Hall–Kier alpha value is -1.27. The van der Waals surface area contributed by atoms with Gasteiger partial charge in [-0.1, -0.05) is 0 Å². The van der Waals surface area contributed by atoms with E-state index in [1.165, 1.54) is 0 Å². The van der Waals surface area contributed by atoms with Crippen molar-refractivity contribution in [2.45, 2.75) is 25.1 Å². The van der Waals surface area contributed by atoms with Crippen LogP contribution in [0.15, 0.2) is 0 Å². The highest BCUT2D eigenvalue weighted by molar-refractivity contribution is 5.89. The number of alkyl halides is 3. The van der Waals surface area contributed by atoms with E-state index in [9.17, 15) is 22.8 Å². The minimum Gasteiger partial charge on any atom is -0.368 e. The molecule has 4 nitrogen and oxygen atoms in total. The Morgan fingerprint density at radius 3 is 2.47 bits per heavy atom. The average Bonchev–Trinajstić information content (AvgIpc) is 2.15. The van der Waals surface area contributed by atoms with Gasteiger partial charge < -0.3 is 10.6 Å². The van der Waals surface area contributed by atoms with Gasteiger partial charge in [0.15, 0.2) is 0 Å². The molecule has 1 heterocycles. The summed E-state index contributed by atoms with van der Waals surface area (Å²) < 4.78 is 36.4. The highest BCUT2D eigenvalue weighted by Gasteiger charge is 2.46. The lowest BCUT2D eigenvalue weighted by atomic mass is 10.0. The fraction of sp³-hybridized carbons (Fsp3) is 0.625. The van der Waals surface area contributed by atoms with Crippen LogP contribution in [0.3, 0.4) is 0 Å². The van der Waals surface area contributed by atoms with Crippen LogP contribution in [0.1, 0.15) is 12.8 Å². The molecule has 0 bridgehead atoms. The third-order valence-electron chi connectivity index (χ3n) is 2.17. The Balaban J connectivity index is 2.81. The van der Waals surface area contributed by atoms with Gasteiger partial charge in [0.1, 0.15) is 6.04 Å². The SMILES string of the molecule is NC(=O)C1C[CH]CCN1C(=O)C(F)(F)F. The number of hydrogen-bond donors (Lipinski definition) is 1. The number of primary amides is 1. The van der Waals surface area contributed by atoms with Gasteiger partial charge in [0.2, 0.25) is 5.91 Å². The molecule has 2 N–H and O–H groups in total. The maximum Gasteiger partial charge on any atom is 0.471 e. The molecular weight excluding hydrogens is 213 g/mol. The van der Waals surface area contributed by atoms with E-state index in [1.54, 1.807) is 6.42 Å². The van der Waals surface area contributed by atoms with Crippen molar-refractivity contribution in [3.63, 3.8) is 0 Å². The zero-order chi connectivity index (χ0) is 11.6. The monoisotopic (exact) mass is 223 g/mol. The summed E-state index contributed by atoms with van der Waals surface area (Å²) in [4.78, 5) is 22.2. The molecule has 0 aliphatic carbocycles. The van der Waals surface area contributed by atoms with Crippen molar-refractivity contribution in [2.75, 3.05) is 6.54 Å². The number of piperidine rings is 1. The molecule has 1 aliphatic rings. The van der Waals surface area contributed by atoms with E-state index >= 15 is 0 Å². The summed E-state index contributed by atoms with van der Waals surface area (Å²) in [5.74, 6) is -2.91. The second-order valence-corrected chi connectivity index (χ2v) is 3.23. The first kappa shape index (κ1) is 11.8. The summed E-state index contributed by atoms with van der Waals surface area (Å²) in [6.45, 7) is -0.119. The molecule has 1 fully saturated rings. The van der Waals surface area contributed by atoms with Gasteiger partial charge in [0.05, 0.1) is 0 Å².